The molecule has 0 N–H and O–H groups in total. The molecule has 0 spiro atoms. The van der Waals surface area contributed by atoms with E-state index in [2.05, 4.69) is 9.88 Å². The van der Waals surface area contributed by atoms with E-state index in [1.807, 2.05) is 11.9 Å². The van der Waals surface area contributed by atoms with Crippen LogP contribution >= 0.6 is 0 Å². The van der Waals surface area contributed by atoms with Gasteiger partial charge in [0.25, 0.3) is 5.56 Å². The Morgan fingerprint density at radius 3 is 2.15 bits per heavy atom. The summed E-state index contributed by atoms with van der Waals surface area (Å²) in [6, 6.07) is 17.1. The molecule has 1 aliphatic heterocycles. The number of ether oxygens (including phenoxy) is 1. The SMILES string of the molecule is CN1CCN(c2nc3c(F)cccc3c(=O)n2-c2ccc(Oc3ccc(F)cc3)cc2)CC1. The van der Waals surface area contributed by atoms with Crippen molar-refractivity contribution in [3.05, 3.63) is 88.7 Å². The molecule has 1 saturated heterocycles. The number of para-hydroxylation sites is 1. The van der Waals surface area contributed by atoms with E-state index in [-0.39, 0.29) is 22.3 Å². The van der Waals surface area contributed by atoms with Gasteiger partial charge in [-0.2, -0.15) is 0 Å². The molecule has 8 heteroatoms. The fourth-order valence-corrected chi connectivity index (χ4v) is 3.92. The van der Waals surface area contributed by atoms with Gasteiger partial charge in [0.05, 0.1) is 11.1 Å². The fraction of sp³-hybridized carbons (Fsp3) is 0.200. The first kappa shape index (κ1) is 21.1. The van der Waals surface area contributed by atoms with E-state index in [1.54, 1.807) is 42.5 Å². The molecular formula is C25H22F2N4O2. The summed E-state index contributed by atoms with van der Waals surface area (Å²) in [6.45, 7) is 2.98. The Hall–Kier alpha value is -3.78. The van der Waals surface area contributed by atoms with Crippen molar-refractivity contribution in [2.24, 2.45) is 0 Å². The van der Waals surface area contributed by atoms with Crippen LogP contribution in [0.25, 0.3) is 16.6 Å². The van der Waals surface area contributed by atoms with Crippen LogP contribution in [0.4, 0.5) is 14.7 Å². The average molecular weight is 448 g/mol. The zero-order chi connectivity index (χ0) is 22.9. The summed E-state index contributed by atoms with van der Waals surface area (Å²) in [5.74, 6) is 0.600. The first-order valence-electron chi connectivity index (χ1n) is 10.7. The first-order valence-corrected chi connectivity index (χ1v) is 10.7. The molecule has 0 amide bonds. The normalized spacial score (nSPS) is 14.6. The third kappa shape index (κ3) is 4.17. The summed E-state index contributed by atoms with van der Waals surface area (Å²) in [4.78, 5) is 22.3. The summed E-state index contributed by atoms with van der Waals surface area (Å²) < 4.78 is 34.9. The lowest BCUT2D eigenvalue weighted by Crippen LogP contribution is -2.46. The second-order valence-electron chi connectivity index (χ2n) is 8.03. The molecule has 5 rings (SSSR count). The molecule has 0 saturated carbocycles. The number of piperazine rings is 1. The van der Waals surface area contributed by atoms with Gasteiger partial charge < -0.3 is 14.5 Å². The molecule has 0 radical (unpaired) electrons. The Morgan fingerprint density at radius 1 is 0.848 bits per heavy atom. The fourth-order valence-electron chi connectivity index (χ4n) is 3.92. The van der Waals surface area contributed by atoms with E-state index >= 15 is 0 Å². The number of likely N-dealkylation sites (N-methyl/N-ethyl adjacent to an activating group) is 1. The van der Waals surface area contributed by atoms with Crippen molar-refractivity contribution in [3.63, 3.8) is 0 Å². The maximum atomic E-state index is 14.5. The second kappa shape index (κ2) is 8.63. The van der Waals surface area contributed by atoms with Crippen molar-refractivity contribution < 1.29 is 13.5 Å². The van der Waals surface area contributed by atoms with Gasteiger partial charge in [-0.3, -0.25) is 4.79 Å². The monoisotopic (exact) mass is 448 g/mol. The molecular weight excluding hydrogens is 426 g/mol. The van der Waals surface area contributed by atoms with E-state index < -0.39 is 5.82 Å². The van der Waals surface area contributed by atoms with Crippen molar-refractivity contribution in [1.82, 2.24) is 14.5 Å². The van der Waals surface area contributed by atoms with Crippen LogP contribution in [-0.2, 0) is 0 Å². The van der Waals surface area contributed by atoms with Crippen LogP contribution in [0, 0.1) is 11.6 Å². The molecule has 3 aromatic carbocycles. The Morgan fingerprint density at radius 2 is 1.48 bits per heavy atom. The number of benzene rings is 3. The van der Waals surface area contributed by atoms with E-state index in [0.717, 1.165) is 13.1 Å². The van der Waals surface area contributed by atoms with Gasteiger partial charge in [-0.05, 0) is 67.7 Å². The second-order valence-corrected chi connectivity index (χ2v) is 8.03. The van der Waals surface area contributed by atoms with Crippen molar-refractivity contribution in [1.29, 1.82) is 0 Å². The quantitative estimate of drug-likeness (QED) is 0.468. The van der Waals surface area contributed by atoms with Gasteiger partial charge in [0.1, 0.15) is 28.7 Å². The van der Waals surface area contributed by atoms with Gasteiger partial charge >= 0.3 is 0 Å². The third-order valence-electron chi connectivity index (χ3n) is 5.76. The number of hydrogen-bond donors (Lipinski definition) is 0. The van der Waals surface area contributed by atoms with Gasteiger partial charge in [0.2, 0.25) is 5.95 Å². The minimum Gasteiger partial charge on any atom is -0.457 e. The maximum absolute atomic E-state index is 14.5. The Balaban J connectivity index is 1.57. The highest BCUT2D eigenvalue weighted by atomic mass is 19.1. The van der Waals surface area contributed by atoms with Gasteiger partial charge in [0, 0.05) is 26.2 Å². The molecule has 2 heterocycles. The zero-order valence-electron chi connectivity index (χ0n) is 18.0. The van der Waals surface area contributed by atoms with Crippen LogP contribution < -0.4 is 15.2 Å². The molecule has 1 fully saturated rings. The van der Waals surface area contributed by atoms with Crippen LogP contribution in [-0.4, -0.2) is 47.7 Å². The average Bonchev–Trinajstić information content (AvgIpc) is 2.82. The van der Waals surface area contributed by atoms with Crippen molar-refractivity contribution >= 4 is 16.9 Å². The molecule has 6 nitrogen and oxygen atoms in total. The third-order valence-corrected chi connectivity index (χ3v) is 5.76. The molecule has 0 atom stereocenters. The van der Waals surface area contributed by atoms with Crippen molar-refractivity contribution in [2.75, 3.05) is 38.1 Å². The van der Waals surface area contributed by atoms with Crippen LogP contribution in [0.1, 0.15) is 0 Å². The van der Waals surface area contributed by atoms with Crippen LogP contribution in [0.5, 0.6) is 11.5 Å². The largest absolute Gasteiger partial charge is 0.457 e. The summed E-state index contributed by atoms with van der Waals surface area (Å²) in [5, 5.41) is 0.222. The highest BCUT2D eigenvalue weighted by Gasteiger charge is 2.22. The summed E-state index contributed by atoms with van der Waals surface area (Å²) in [7, 11) is 2.04. The Labute approximate surface area is 189 Å². The number of aromatic nitrogens is 2. The lowest BCUT2D eigenvalue weighted by Gasteiger charge is -2.34. The highest BCUT2D eigenvalue weighted by molar-refractivity contribution is 5.80. The van der Waals surface area contributed by atoms with Gasteiger partial charge in [-0.15, -0.1) is 0 Å². The standard InChI is InChI=1S/C25H22F2N4O2/c1-29-13-15-30(16-14-29)25-28-23-21(3-2-4-22(23)27)24(32)31(25)18-7-11-20(12-8-18)33-19-9-5-17(26)6-10-19/h2-12H,13-16H2,1H3. The van der Waals surface area contributed by atoms with Crippen molar-refractivity contribution in [3.8, 4) is 17.2 Å². The van der Waals surface area contributed by atoms with Crippen molar-refractivity contribution in [2.45, 2.75) is 0 Å². The molecule has 1 aromatic heterocycles. The van der Waals surface area contributed by atoms with E-state index in [4.69, 9.17) is 4.74 Å². The molecule has 0 aliphatic carbocycles. The minimum atomic E-state index is -0.518. The number of rotatable bonds is 4. The highest BCUT2D eigenvalue weighted by Crippen LogP contribution is 2.26. The molecule has 1 aliphatic rings. The predicted molar refractivity (Wildman–Crippen MR) is 123 cm³/mol. The van der Waals surface area contributed by atoms with Gasteiger partial charge in [0.15, 0.2) is 0 Å². The van der Waals surface area contributed by atoms with Crippen LogP contribution in [0.15, 0.2) is 71.5 Å². The number of fused-ring (bicyclic) bond motifs is 1. The number of anilines is 1. The summed E-state index contributed by atoms with van der Waals surface area (Å²) in [6.07, 6.45) is 0. The maximum Gasteiger partial charge on any atom is 0.267 e. The molecule has 0 bridgehead atoms. The molecule has 4 aromatic rings. The Bertz CT molecular complexity index is 1350. The van der Waals surface area contributed by atoms with Crippen LogP contribution in [0.3, 0.4) is 0 Å². The van der Waals surface area contributed by atoms with E-state index in [9.17, 15) is 13.6 Å². The first-order chi connectivity index (χ1) is 16.0. The molecule has 33 heavy (non-hydrogen) atoms. The zero-order valence-corrected chi connectivity index (χ0v) is 18.0. The minimum absolute atomic E-state index is 0.0731. The topological polar surface area (TPSA) is 50.6 Å². The predicted octanol–water partition coefficient (Wildman–Crippen LogP) is 4.21. The summed E-state index contributed by atoms with van der Waals surface area (Å²) >= 11 is 0. The lowest BCUT2D eigenvalue weighted by atomic mass is 10.2. The van der Waals surface area contributed by atoms with Gasteiger partial charge in [-0.1, -0.05) is 6.07 Å². The van der Waals surface area contributed by atoms with Gasteiger partial charge in [-0.25, -0.2) is 18.3 Å². The number of halogens is 2. The summed E-state index contributed by atoms with van der Waals surface area (Å²) in [5.41, 5.74) is 0.337. The van der Waals surface area contributed by atoms with E-state index in [0.29, 0.717) is 36.2 Å². The van der Waals surface area contributed by atoms with Crippen LogP contribution in [0.2, 0.25) is 0 Å². The number of hydrogen-bond acceptors (Lipinski definition) is 5. The molecule has 0 unspecified atom stereocenters. The smallest absolute Gasteiger partial charge is 0.267 e. The number of nitrogens with zero attached hydrogens (tertiary/aromatic N) is 4. The molecule has 168 valence electrons. The van der Waals surface area contributed by atoms with E-state index in [1.165, 1.54) is 28.8 Å². The lowest BCUT2D eigenvalue weighted by molar-refractivity contribution is 0.310. The Kier molecular flexibility index (Phi) is 5.51.